The SMILES string of the molecule is CCC[C@H]1CC[C@@H](C(=O)O)N1C(=O)O. The lowest BCUT2D eigenvalue weighted by Crippen LogP contribution is -2.44. The molecule has 1 fully saturated rings. The molecule has 80 valence electrons. The van der Waals surface area contributed by atoms with Gasteiger partial charge in [-0.15, -0.1) is 0 Å². The van der Waals surface area contributed by atoms with E-state index in [2.05, 4.69) is 0 Å². The molecule has 1 saturated heterocycles. The number of rotatable bonds is 3. The molecule has 5 heteroatoms. The first-order chi connectivity index (χ1) is 6.57. The summed E-state index contributed by atoms with van der Waals surface area (Å²) in [6.07, 6.45) is 1.61. The Bertz CT molecular complexity index is 241. The number of amides is 1. The largest absolute Gasteiger partial charge is 0.480 e. The molecule has 0 spiro atoms. The minimum Gasteiger partial charge on any atom is -0.480 e. The fraction of sp³-hybridized carbons (Fsp3) is 0.778. The molecule has 1 heterocycles. The zero-order valence-corrected chi connectivity index (χ0v) is 8.14. The Kier molecular flexibility index (Phi) is 3.33. The molecule has 0 unspecified atom stereocenters. The summed E-state index contributed by atoms with van der Waals surface area (Å²) in [4.78, 5) is 22.7. The lowest BCUT2D eigenvalue weighted by atomic mass is 10.1. The molecular weight excluding hydrogens is 186 g/mol. The van der Waals surface area contributed by atoms with E-state index in [-0.39, 0.29) is 6.04 Å². The fourth-order valence-electron chi connectivity index (χ4n) is 2.03. The molecule has 2 N–H and O–H groups in total. The maximum Gasteiger partial charge on any atom is 0.408 e. The molecule has 2 atom stereocenters. The molecule has 0 aromatic rings. The summed E-state index contributed by atoms with van der Waals surface area (Å²) in [6, 6.07) is -0.956. The fourth-order valence-corrected chi connectivity index (χ4v) is 2.03. The second kappa shape index (κ2) is 4.30. The number of likely N-dealkylation sites (tertiary alicyclic amines) is 1. The van der Waals surface area contributed by atoms with Crippen molar-refractivity contribution in [3.8, 4) is 0 Å². The minimum atomic E-state index is -1.12. The summed E-state index contributed by atoms with van der Waals surface area (Å²) >= 11 is 0. The van der Waals surface area contributed by atoms with Crippen LogP contribution in [0.5, 0.6) is 0 Å². The lowest BCUT2D eigenvalue weighted by Gasteiger charge is -2.24. The quantitative estimate of drug-likeness (QED) is 0.723. The van der Waals surface area contributed by atoms with Gasteiger partial charge in [-0.05, 0) is 19.3 Å². The number of hydrogen-bond acceptors (Lipinski definition) is 2. The van der Waals surface area contributed by atoms with Gasteiger partial charge in [0.1, 0.15) is 6.04 Å². The third-order valence-corrected chi connectivity index (χ3v) is 2.63. The standard InChI is InChI=1S/C9H15NO4/c1-2-3-6-4-5-7(8(11)12)10(6)9(13)14/h6-7H,2-5H2,1H3,(H,11,12)(H,13,14)/t6-,7-/m0/s1. The van der Waals surface area contributed by atoms with Crippen LogP contribution in [0.3, 0.4) is 0 Å². The van der Waals surface area contributed by atoms with Crippen LogP contribution in [-0.4, -0.2) is 39.3 Å². The van der Waals surface area contributed by atoms with E-state index in [9.17, 15) is 9.59 Å². The first-order valence-corrected chi connectivity index (χ1v) is 4.82. The van der Waals surface area contributed by atoms with E-state index >= 15 is 0 Å². The predicted molar refractivity (Wildman–Crippen MR) is 49.2 cm³/mol. The van der Waals surface area contributed by atoms with Crippen molar-refractivity contribution in [2.75, 3.05) is 0 Å². The molecule has 1 rings (SSSR count). The topological polar surface area (TPSA) is 77.8 Å². The monoisotopic (exact) mass is 201 g/mol. The van der Waals surface area contributed by atoms with Crippen LogP contribution in [0.4, 0.5) is 4.79 Å². The van der Waals surface area contributed by atoms with Gasteiger partial charge in [-0.1, -0.05) is 13.3 Å². The molecule has 0 aromatic heterocycles. The van der Waals surface area contributed by atoms with Crippen LogP contribution in [-0.2, 0) is 4.79 Å². The van der Waals surface area contributed by atoms with Gasteiger partial charge in [-0.3, -0.25) is 4.90 Å². The van der Waals surface area contributed by atoms with Crippen molar-refractivity contribution in [2.24, 2.45) is 0 Å². The Morgan fingerprint density at radius 1 is 1.36 bits per heavy atom. The van der Waals surface area contributed by atoms with E-state index in [0.29, 0.717) is 12.8 Å². The molecule has 1 aliphatic heterocycles. The van der Waals surface area contributed by atoms with Crippen LogP contribution >= 0.6 is 0 Å². The van der Waals surface area contributed by atoms with E-state index in [4.69, 9.17) is 10.2 Å². The molecule has 0 aliphatic carbocycles. The van der Waals surface area contributed by atoms with E-state index in [1.54, 1.807) is 0 Å². The number of carboxylic acid groups (broad SMARTS) is 2. The molecular formula is C9H15NO4. The van der Waals surface area contributed by atoms with Crippen molar-refractivity contribution in [1.29, 1.82) is 0 Å². The van der Waals surface area contributed by atoms with Crippen molar-refractivity contribution in [3.63, 3.8) is 0 Å². The number of carboxylic acids is 1. The lowest BCUT2D eigenvalue weighted by molar-refractivity contribution is -0.142. The summed E-state index contributed by atoms with van der Waals surface area (Å²) in [5.41, 5.74) is 0. The van der Waals surface area contributed by atoms with E-state index in [0.717, 1.165) is 17.7 Å². The first-order valence-electron chi connectivity index (χ1n) is 4.82. The molecule has 0 radical (unpaired) electrons. The molecule has 5 nitrogen and oxygen atoms in total. The van der Waals surface area contributed by atoms with Gasteiger partial charge in [-0.25, -0.2) is 9.59 Å². The smallest absolute Gasteiger partial charge is 0.408 e. The van der Waals surface area contributed by atoms with Crippen molar-refractivity contribution in [1.82, 2.24) is 4.90 Å². The van der Waals surface area contributed by atoms with Crippen LogP contribution in [0.2, 0.25) is 0 Å². The zero-order chi connectivity index (χ0) is 10.7. The third kappa shape index (κ3) is 1.97. The molecule has 1 aliphatic rings. The highest BCUT2D eigenvalue weighted by molar-refractivity contribution is 5.80. The van der Waals surface area contributed by atoms with E-state index in [1.807, 2.05) is 6.92 Å². The summed E-state index contributed by atoms with van der Waals surface area (Å²) in [5.74, 6) is -1.04. The van der Waals surface area contributed by atoms with Crippen molar-refractivity contribution in [2.45, 2.75) is 44.7 Å². The van der Waals surface area contributed by atoms with Gasteiger partial charge in [-0.2, -0.15) is 0 Å². The second-order valence-electron chi connectivity index (χ2n) is 3.56. The van der Waals surface area contributed by atoms with Gasteiger partial charge in [0.15, 0.2) is 0 Å². The van der Waals surface area contributed by atoms with Crippen LogP contribution in [0, 0.1) is 0 Å². The van der Waals surface area contributed by atoms with Gasteiger partial charge in [0, 0.05) is 6.04 Å². The molecule has 14 heavy (non-hydrogen) atoms. The Labute approximate surface area is 82.3 Å². The first kappa shape index (κ1) is 10.8. The van der Waals surface area contributed by atoms with Gasteiger partial charge in [0.05, 0.1) is 0 Å². The Hall–Kier alpha value is -1.26. The van der Waals surface area contributed by atoms with Crippen LogP contribution < -0.4 is 0 Å². The summed E-state index contributed by atoms with van der Waals surface area (Å²) in [6.45, 7) is 1.97. The Morgan fingerprint density at radius 2 is 2.00 bits per heavy atom. The number of nitrogens with zero attached hydrogens (tertiary/aromatic N) is 1. The number of hydrogen-bond donors (Lipinski definition) is 2. The predicted octanol–water partition coefficient (Wildman–Crippen LogP) is 1.38. The highest BCUT2D eigenvalue weighted by Gasteiger charge is 2.40. The highest BCUT2D eigenvalue weighted by atomic mass is 16.4. The Balaban J connectivity index is 2.74. The van der Waals surface area contributed by atoms with Crippen molar-refractivity contribution in [3.05, 3.63) is 0 Å². The van der Waals surface area contributed by atoms with Crippen molar-refractivity contribution < 1.29 is 19.8 Å². The average Bonchev–Trinajstić information content (AvgIpc) is 2.48. The third-order valence-electron chi connectivity index (χ3n) is 2.63. The Morgan fingerprint density at radius 3 is 2.43 bits per heavy atom. The van der Waals surface area contributed by atoms with Crippen LogP contribution in [0.1, 0.15) is 32.6 Å². The van der Waals surface area contributed by atoms with Gasteiger partial charge in [0.25, 0.3) is 0 Å². The van der Waals surface area contributed by atoms with Crippen LogP contribution in [0.25, 0.3) is 0 Å². The highest BCUT2D eigenvalue weighted by Crippen LogP contribution is 2.27. The van der Waals surface area contributed by atoms with Crippen molar-refractivity contribution >= 4 is 12.1 Å². The molecule has 1 amide bonds. The van der Waals surface area contributed by atoms with Crippen LogP contribution in [0.15, 0.2) is 0 Å². The summed E-state index contributed by atoms with van der Waals surface area (Å²) < 4.78 is 0. The zero-order valence-electron chi connectivity index (χ0n) is 8.14. The molecule has 0 aromatic carbocycles. The van der Waals surface area contributed by atoms with Gasteiger partial charge >= 0.3 is 12.1 Å². The maximum atomic E-state index is 10.9. The molecule has 0 bridgehead atoms. The summed E-state index contributed by atoms with van der Waals surface area (Å²) in [7, 11) is 0. The summed E-state index contributed by atoms with van der Waals surface area (Å²) in [5, 5.41) is 17.7. The van der Waals surface area contributed by atoms with Gasteiger partial charge < -0.3 is 10.2 Å². The number of carbonyl (C=O) groups is 2. The normalized spacial score (nSPS) is 26.5. The molecule has 0 saturated carbocycles. The maximum absolute atomic E-state index is 10.9. The number of aliphatic carboxylic acids is 1. The van der Waals surface area contributed by atoms with E-state index in [1.165, 1.54) is 0 Å². The van der Waals surface area contributed by atoms with Gasteiger partial charge in [0.2, 0.25) is 0 Å². The average molecular weight is 201 g/mol. The minimum absolute atomic E-state index is 0.112. The van der Waals surface area contributed by atoms with E-state index < -0.39 is 18.1 Å². The second-order valence-corrected chi connectivity index (χ2v) is 3.56.